The van der Waals surface area contributed by atoms with Crippen LogP contribution in [0.25, 0.3) is 0 Å². The summed E-state index contributed by atoms with van der Waals surface area (Å²) in [6, 6.07) is 0. The summed E-state index contributed by atoms with van der Waals surface area (Å²) in [5, 5.41) is 0. The molecule has 0 spiro atoms. The zero-order valence-electron chi connectivity index (χ0n) is 11.4. The molecule has 4 heteroatoms. The van der Waals surface area contributed by atoms with Crippen molar-refractivity contribution in [1.29, 1.82) is 0 Å². The van der Waals surface area contributed by atoms with Crippen LogP contribution in [-0.4, -0.2) is 62.1 Å². The molecule has 0 bridgehead atoms. The van der Waals surface area contributed by atoms with Crippen molar-refractivity contribution in [2.45, 2.75) is 26.7 Å². The Morgan fingerprint density at radius 1 is 1.18 bits per heavy atom. The smallest absolute Gasteiger partial charge is 0.225 e. The van der Waals surface area contributed by atoms with E-state index in [2.05, 4.69) is 18.7 Å². The van der Waals surface area contributed by atoms with Crippen molar-refractivity contribution in [2.24, 2.45) is 5.92 Å². The van der Waals surface area contributed by atoms with E-state index in [1.165, 1.54) is 0 Å². The zero-order valence-corrected chi connectivity index (χ0v) is 11.4. The van der Waals surface area contributed by atoms with E-state index in [9.17, 15) is 4.79 Å². The molecule has 0 aromatic carbocycles. The highest BCUT2D eigenvalue weighted by atomic mass is 16.5. The van der Waals surface area contributed by atoms with Crippen LogP contribution in [0.3, 0.4) is 0 Å². The topological polar surface area (TPSA) is 32.8 Å². The molecule has 0 unspecified atom stereocenters. The summed E-state index contributed by atoms with van der Waals surface area (Å²) in [4.78, 5) is 16.6. The van der Waals surface area contributed by atoms with Crippen molar-refractivity contribution < 1.29 is 9.53 Å². The van der Waals surface area contributed by atoms with Crippen LogP contribution in [0.2, 0.25) is 0 Å². The Kier molecular flexibility index (Phi) is 6.52. The van der Waals surface area contributed by atoms with Crippen molar-refractivity contribution in [3.05, 3.63) is 0 Å². The molecule has 1 rings (SSSR count). The second kappa shape index (κ2) is 7.67. The minimum Gasteiger partial charge on any atom is -0.383 e. The Balaban J connectivity index is 2.33. The molecule has 0 aromatic heterocycles. The van der Waals surface area contributed by atoms with Crippen LogP contribution in [0, 0.1) is 5.92 Å². The van der Waals surface area contributed by atoms with E-state index in [0.717, 1.165) is 52.2 Å². The van der Waals surface area contributed by atoms with E-state index in [1.54, 1.807) is 7.11 Å². The van der Waals surface area contributed by atoms with E-state index in [1.807, 2.05) is 4.90 Å². The molecule has 17 heavy (non-hydrogen) atoms. The second-order valence-corrected chi connectivity index (χ2v) is 4.67. The fraction of sp³-hybridized carbons (Fsp3) is 0.923. The van der Waals surface area contributed by atoms with Crippen molar-refractivity contribution >= 4 is 5.91 Å². The van der Waals surface area contributed by atoms with Crippen molar-refractivity contribution in [1.82, 2.24) is 9.80 Å². The minimum absolute atomic E-state index is 0.223. The lowest BCUT2D eigenvalue weighted by atomic mass is 10.0. The lowest BCUT2D eigenvalue weighted by molar-refractivity contribution is -0.137. The number of amides is 1. The van der Waals surface area contributed by atoms with Crippen LogP contribution in [0.5, 0.6) is 0 Å². The van der Waals surface area contributed by atoms with Gasteiger partial charge in [0.05, 0.1) is 6.61 Å². The Morgan fingerprint density at radius 2 is 1.76 bits per heavy atom. The summed E-state index contributed by atoms with van der Waals surface area (Å²) < 4.78 is 5.07. The first kappa shape index (κ1) is 14.5. The maximum Gasteiger partial charge on any atom is 0.225 e. The predicted molar refractivity (Wildman–Crippen MR) is 69.0 cm³/mol. The third kappa shape index (κ3) is 4.28. The summed E-state index contributed by atoms with van der Waals surface area (Å²) in [7, 11) is 1.73. The van der Waals surface area contributed by atoms with Crippen molar-refractivity contribution in [3.8, 4) is 0 Å². The summed E-state index contributed by atoms with van der Waals surface area (Å²) in [6.45, 7) is 9.66. The Labute approximate surface area is 105 Å². The Bertz CT molecular complexity index is 221. The van der Waals surface area contributed by atoms with Gasteiger partial charge in [-0.2, -0.15) is 0 Å². The molecule has 1 saturated heterocycles. The molecule has 1 amide bonds. The molecule has 0 N–H and O–H groups in total. The quantitative estimate of drug-likeness (QED) is 0.702. The number of hydrogen-bond donors (Lipinski definition) is 0. The highest BCUT2D eigenvalue weighted by molar-refractivity contribution is 5.78. The van der Waals surface area contributed by atoms with Gasteiger partial charge in [0.2, 0.25) is 5.91 Å². The highest BCUT2D eigenvalue weighted by Crippen LogP contribution is 2.13. The van der Waals surface area contributed by atoms with Crippen LogP contribution < -0.4 is 0 Å². The first-order valence-corrected chi connectivity index (χ1v) is 6.73. The van der Waals surface area contributed by atoms with Gasteiger partial charge in [0.15, 0.2) is 0 Å². The number of nitrogens with zero attached hydrogens (tertiary/aromatic N) is 2. The van der Waals surface area contributed by atoms with Gasteiger partial charge in [0.25, 0.3) is 0 Å². The minimum atomic E-state index is 0.223. The molecule has 0 atom stereocenters. The van der Waals surface area contributed by atoms with Crippen LogP contribution in [0.4, 0.5) is 0 Å². The van der Waals surface area contributed by atoms with Crippen LogP contribution >= 0.6 is 0 Å². The molecule has 0 saturated carbocycles. The fourth-order valence-corrected chi connectivity index (χ4v) is 2.31. The van der Waals surface area contributed by atoms with Crippen LogP contribution in [0.1, 0.15) is 26.7 Å². The second-order valence-electron chi connectivity index (χ2n) is 4.67. The van der Waals surface area contributed by atoms with E-state index in [4.69, 9.17) is 4.74 Å². The van der Waals surface area contributed by atoms with Crippen molar-refractivity contribution in [3.63, 3.8) is 0 Å². The molecule has 1 aliphatic heterocycles. The molecule has 4 nitrogen and oxygen atoms in total. The average Bonchev–Trinajstić information content (AvgIpc) is 2.38. The van der Waals surface area contributed by atoms with Crippen LogP contribution in [-0.2, 0) is 9.53 Å². The predicted octanol–water partition coefficient (Wildman–Crippen LogP) is 1.21. The Morgan fingerprint density at radius 3 is 2.24 bits per heavy atom. The first-order chi connectivity index (χ1) is 8.22. The zero-order chi connectivity index (χ0) is 12.7. The molecule has 1 aliphatic rings. The lowest BCUT2D eigenvalue weighted by Crippen LogP contribution is -2.50. The Hall–Kier alpha value is -0.610. The number of piperazine rings is 1. The molecular formula is C13H26N2O2. The van der Waals surface area contributed by atoms with Gasteiger partial charge >= 0.3 is 0 Å². The number of rotatable bonds is 6. The lowest BCUT2D eigenvalue weighted by Gasteiger charge is -2.36. The number of carbonyl (C=O) groups is 1. The number of ether oxygens (including phenoxy) is 1. The monoisotopic (exact) mass is 242 g/mol. The summed E-state index contributed by atoms with van der Waals surface area (Å²) >= 11 is 0. The molecule has 0 radical (unpaired) electrons. The number of hydrogen-bond acceptors (Lipinski definition) is 3. The van der Waals surface area contributed by atoms with E-state index >= 15 is 0 Å². The van der Waals surface area contributed by atoms with Crippen molar-refractivity contribution in [2.75, 3.05) is 46.4 Å². The molecular weight excluding hydrogens is 216 g/mol. The van der Waals surface area contributed by atoms with E-state index in [-0.39, 0.29) is 5.92 Å². The maximum atomic E-state index is 12.2. The van der Waals surface area contributed by atoms with E-state index in [0.29, 0.717) is 5.91 Å². The largest absolute Gasteiger partial charge is 0.383 e. The van der Waals surface area contributed by atoms with Gasteiger partial charge in [0, 0.05) is 45.8 Å². The molecule has 0 aromatic rings. The first-order valence-electron chi connectivity index (χ1n) is 6.73. The fourth-order valence-electron chi connectivity index (χ4n) is 2.31. The summed E-state index contributed by atoms with van der Waals surface area (Å²) in [6.07, 6.45) is 1.92. The van der Waals surface area contributed by atoms with Gasteiger partial charge in [-0.15, -0.1) is 0 Å². The summed E-state index contributed by atoms with van der Waals surface area (Å²) in [5.74, 6) is 0.571. The van der Waals surface area contributed by atoms with E-state index < -0.39 is 0 Å². The third-order valence-electron chi connectivity index (χ3n) is 3.63. The van der Waals surface area contributed by atoms with Gasteiger partial charge in [-0.3, -0.25) is 9.69 Å². The SMILES string of the molecule is CCC(CC)C(=O)N1CCN(CCOC)CC1. The summed E-state index contributed by atoms with van der Waals surface area (Å²) in [5.41, 5.74) is 0. The molecule has 0 aliphatic carbocycles. The highest BCUT2D eigenvalue weighted by Gasteiger charge is 2.24. The third-order valence-corrected chi connectivity index (χ3v) is 3.63. The number of carbonyl (C=O) groups excluding carboxylic acids is 1. The standard InChI is InChI=1S/C13H26N2O2/c1-4-12(5-2)13(16)15-8-6-14(7-9-15)10-11-17-3/h12H,4-11H2,1-3H3. The number of methoxy groups -OCH3 is 1. The average molecular weight is 242 g/mol. The normalized spacial score (nSPS) is 17.8. The van der Waals surface area contributed by atoms with Gasteiger partial charge in [-0.05, 0) is 12.8 Å². The molecule has 100 valence electrons. The van der Waals surface area contributed by atoms with Gasteiger partial charge in [0.1, 0.15) is 0 Å². The van der Waals surface area contributed by atoms with Gasteiger partial charge < -0.3 is 9.64 Å². The maximum absolute atomic E-state index is 12.2. The molecule has 1 fully saturated rings. The van der Waals surface area contributed by atoms with Gasteiger partial charge in [-0.25, -0.2) is 0 Å². The van der Waals surface area contributed by atoms with Gasteiger partial charge in [-0.1, -0.05) is 13.8 Å². The van der Waals surface area contributed by atoms with Crippen LogP contribution in [0.15, 0.2) is 0 Å². The molecule has 1 heterocycles.